The molecule has 3 rings (SSSR count). The molecule has 18 heavy (non-hydrogen) atoms. The van der Waals surface area contributed by atoms with Gasteiger partial charge in [0.15, 0.2) is 11.5 Å². The van der Waals surface area contributed by atoms with Gasteiger partial charge >= 0.3 is 5.97 Å². The van der Waals surface area contributed by atoms with Crippen LogP contribution >= 0.6 is 0 Å². The van der Waals surface area contributed by atoms with Crippen molar-refractivity contribution in [1.82, 2.24) is 4.98 Å². The summed E-state index contributed by atoms with van der Waals surface area (Å²) in [6.45, 7) is 2.00. The van der Waals surface area contributed by atoms with E-state index in [0.29, 0.717) is 5.89 Å². The number of hydrogen-bond donors (Lipinski definition) is 1. The summed E-state index contributed by atoms with van der Waals surface area (Å²) in [4.78, 5) is 15.6. The Balaban J connectivity index is 2.01. The summed E-state index contributed by atoms with van der Waals surface area (Å²) in [5.74, 6) is -0.578. The average molecular weight is 245 g/mol. The summed E-state index contributed by atoms with van der Waals surface area (Å²) in [7, 11) is 0. The first kappa shape index (κ1) is 11.3. The van der Waals surface area contributed by atoms with Crippen molar-refractivity contribution in [1.29, 1.82) is 0 Å². The molecule has 0 spiro atoms. The Bertz CT molecular complexity index is 602. The molecule has 2 atom stereocenters. The van der Waals surface area contributed by atoms with Gasteiger partial charge < -0.3 is 9.52 Å². The first-order valence-corrected chi connectivity index (χ1v) is 6.25. The molecular weight excluding hydrogens is 230 g/mol. The van der Waals surface area contributed by atoms with Crippen molar-refractivity contribution < 1.29 is 14.3 Å². The van der Waals surface area contributed by atoms with Gasteiger partial charge in [-0.2, -0.15) is 0 Å². The summed E-state index contributed by atoms with van der Waals surface area (Å²) < 4.78 is 5.74. The van der Waals surface area contributed by atoms with Crippen LogP contribution in [-0.2, 0) is 4.79 Å². The summed E-state index contributed by atoms with van der Waals surface area (Å²) in [5.41, 5.74) is 2.68. The van der Waals surface area contributed by atoms with E-state index in [4.69, 9.17) is 4.42 Å². The number of carbonyl (C=O) groups is 1. The second kappa shape index (κ2) is 4.12. The Morgan fingerprint density at radius 3 is 3.06 bits per heavy atom. The maximum absolute atomic E-state index is 11.2. The zero-order valence-electron chi connectivity index (χ0n) is 10.2. The monoisotopic (exact) mass is 245 g/mol. The van der Waals surface area contributed by atoms with Crippen LogP contribution in [0.2, 0.25) is 0 Å². The van der Waals surface area contributed by atoms with Crippen LogP contribution in [0.15, 0.2) is 22.6 Å². The summed E-state index contributed by atoms with van der Waals surface area (Å²) in [6, 6.07) is 5.84. The van der Waals surface area contributed by atoms with E-state index >= 15 is 0 Å². The maximum Gasteiger partial charge on any atom is 0.307 e. The molecular formula is C14H15NO3. The molecule has 1 heterocycles. The third-order valence-corrected chi connectivity index (χ3v) is 3.71. The first-order valence-electron chi connectivity index (χ1n) is 6.25. The molecule has 2 unspecified atom stereocenters. The molecule has 0 radical (unpaired) electrons. The van der Waals surface area contributed by atoms with E-state index < -0.39 is 5.97 Å². The van der Waals surface area contributed by atoms with Gasteiger partial charge in [0.05, 0.1) is 5.92 Å². The predicted octanol–water partition coefficient (Wildman–Crippen LogP) is 3.10. The molecule has 94 valence electrons. The lowest BCUT2D eigenvalue weighted by Crippen LogP contribution is -2.16. The lowest BCUT2D eigenvalue weighted by atomic mass is 9.96. The molecule has 1 saturated carbocycles. The Morgan fingerprint density at radius 1 is 1.44 bits per heavy atom. The topological polar surface area (TPSA) is 63.3 Å². The van der Waals surface area contributed by atoms with Crippen LogP contribution in [0.25, 0.3) is 11.1 Å². The summed E-state index contributed by atoms with van der Waals surface area (Å²) in [6.07, 6.45) is 2.50. The molecule has 0 bridgehead atoms. The number of carboxylic acid groups (broad SMARTS) is 1. The molecule has 4 nitrogen and oxygen atoms in total. The second-order valence-corrected chi connectivity index (χ2v) is 5.01. The summed E-state index contributed by atoms with van der Waals surface area (Å²) in [5, 5.41) is 9.19. The Hall–Kier alpha value is -1.84. The molecule has 2 aromatic rings. The minimum Gasteiger partial charge on any atom is -0.481 e. The van der Waals surface area contributed by atoms with Gasteiger partial charge in [-0.25, -0.2) is 4.98 Å². The zero-order valence-corrected chi connectivity index (χ0v) is 10.2. The standard InChI is InChI=1S/C14H15NO3/c1-8-5-6-11-12(7-8)18-13(15-11)9-3-2-4-10(9)14(16)17/h5-7,9-10H,2-4H2,1H3,(H,16,17). The first-order chi connectivity index (χ1) is 8.65. The van der Waals surface area contributed by atoms with Gasteiger partial charge in [0.2, 0.25) is 0 Å². The second-order valence-electron chi connectivity index (χ2n) is 5.01. The largest absolute Gasteiger partial charge is 0.481 e. The molecule has 1 N–H and O–H groups in total. The number of rotatable bonds is 2. The molecule has 0 aliphatic heterocycles. The molecule has 1 aliphatic carbocycles. The minimum atomic E-state index is -0.740. The number of carboxylic acids is 1. The van der Waals surface area contributed by atoms with Gasteiger partial charge in [-0.3, -0.25) is 4.79 Å². The molecule has 1 aromatic heterocycles. The Kier molecular flexibility index (Phi) is 2.58. The molecule has 0 amide bonds. The lowest BCUT2D eigenvalue weighted by molar-refractivity contribution is -0.142. The van der Waals surface area contributed by atoms with Crippen molar-refractivity contribution >= 4 is 17.1 Å². The predicted molar refractivity (Wildman–Crippen MR) is 66.5 cm³/mol. The number of benzene rings is 1. The maximum atomic E-state index is 11.2. The number of aliphatic carboxylic acids is 1. The number of fused-ring (bicyclic) bond motifs is 1. The van der Waals surface area contributed by atoms with Gasteiger partial charge in [0.1, 0.15) is 5.52 Å². The highest BCUT2D eigenvalue weighted by Crippen LogP contribution is 2.40. The lowest BCUT2D eigenvalue weighted by Gasteiger charge is -2.10. The van der Waals surface area contributed by atoms with Crippen LogP contribution in [0.1, 0.15) is 36.6 Å². The van der Waals surface area contributed by atoms with Crippen molar-refractivity contribution in [3.05, 3.63) is 29.7 Å². The fourth-order valence-corrected chi connectivity index (χ4v) is 2.76. The highest BCUT2D eigenvalue weighted by atomic mass is 16.4. The minimum absolute atomic E-state index is 0.0739. The Labute approximate surface area is 105 Å². The zero-order chi connectivity index (χ0) is 12.7. The van der Waals surface area contributed by atoms with E-state index in [1.807, 2.05) is 25.1 Å². The van der Waals surface area contributed by atoms with Crippen molar-refractivity contribution in [3.63, 3.8) is 0 Å². The van der Waals surface area contributed by atoms with Gasteiger partial charge in [-0.05, 0) is 37.5 Å². The smallest absolute Gasteiger partial charge is 0.307 e. The van der Waals surface area contributed by atoms with Gasteiger partial charge in [0.25, 0.3) is 0 Å². The number of aromatic nitrogens is 1. The van der Waals surface area contributed by atoms with Gasteiger partial charge in [-0.15, -0.1) is 0 Å². The SMILES string of the molecule is Cc1ccc2nc(C3CCCC3C(=O)O)oc2c1. The van der Waals surface area contributed by atoms with Crippen molar-refractivity contribution in [2.24, 2.45) is 5.92 Å². The van der Waals surface area contributed by atoms with Crippen molar-refractivity contribution in [2.75, 3.05) is 0 Å². The van der Waals surface area contributed by atoms with Crippen LogP contribution in [0, 0.1) is 12.8 Å². The molecule has 0 saturated heterocycles. The quantitative estimate of drug-likeness (QED) is 0.883. The van der Waals surface area contributed by atoms with E-state index in [0.717, 1.165) is 35.9 Å². The van der Waals surface area contributed by atoms with E-state index in [1.165, 1.54) is 0 Å². The number of nitrogens with zero attached hydrogens (tertiary/aromatic N) is 1. The third-order valence-electron chi connectivity index (χ3n) is 3.71. The number of oxazole rings is 1. The molecule has 1 fully saturated rings. The summed E-state index contributed by atoms with van der Waals surface area (Å²) >= 11 is 0. The normalized spacial score (nSPS) is 23.6. The van der Waals surface area contributed by atoms with Crippen LogP contribution in [0.3, 0.4) is 0 Å². The molecule has 1 aromatic carbocycles. The highest BCUT2D eigenvalue weighted by Gasteiger charge is 2.37. The number of hydrogen-bond acceptors (Lipinski definition) is 3. The van der Waals surface area contributed by atoms with Crippen LogP contribution in [-0.4, -0.2) is 16.1 Å². The average Bonchev–Trinajstić information content (AvgIpc) is 2.93. The Morgan fingerprint density at radius 2 is 2.28 bits per heavy atom. The van der Waals surface area contributed by atoms with Crippen LogP contribution < -0.4 is 0 Å². The fourth-order valence-electron chi connectivity index (χ4n) is 2.76. The molecule has 1 aliphatic rings. The van der Waals surface area contributed by atoms with Gasteiger partial charge in [0, 0.05) is 5.92 Å². The third kappa shape index (κ3) is 1.78. The highest BCUT2D eigenvalue weighted by molar-refractivity contribution is 5.74. The van der Waals surface area contributed by atoms with Crippen LogP contribution in [0.4, 0.5) is 0 Å². The van der Waals surface area contributed by atoms with Crippen LogP contribution in [0.5, 0.6) is 0 Å². The van der Waals surface area contributed by atoms with E-state index in [9.17, 15) is 9.90 Å². The molecule has 4 heteroatoms. The van der Waals surface area contributed by atoms with Gasteiger partial charge in [-0.1, -0.05) is 12.5 Å². The van der Waals surface area contributed by atoms with E-state index in [-0.39, 0.29) is 11.8 Å². The number of aryl methyl sites for hydroxylation is 1. The van der Waals surface area contributed by atoms with Crippen molar-refractivity contribution in [3.8, 4) is 0 Å². The van der Waals surface area contributed by atoms with E-state index in [1.54, 1.807) is 0 Å². The fraction of sp³-hybridized carbons (Fsp3) is 0.429. The van der Waals surface area contributed by atoms with E-state index in [2.05, 4.69) is 4.98 Å². The van der Waals surface area contributed by atoms with Crippen molar-refractivity contribution in [2.45, 2.75) is 32.1 Å².